The first kappa shape index (κ1) is 11.9. The topological polar surface area (TPSA) is 20.3 Å². The zero-order valence-corrected chi connectivity index (χ0v) is 11.1. The third kappa shape index (κ3) is 2.55. The predicted molar refractivity (Wildman–Crippen MR) is 71.2 cm³/mol. The van der Waals surface area contributed by atoms with Crippen LogP contribution >= 0.6 is 23.7 Å². The van der Waals surface area contributed by atoms with Gasteiger partial charge in [0.15, 0.2) is 0 Å². The van der Waals surface area contributed by atoms with Gasteiger partial charge in [0.2, 0.25) is 5.91 Å². The van der Waals surface area contributed by atoms with Crippen molar-refractivity contribution in [1.82, 2.24) is 4.31 Å². The number of rotatable bonds is 3. The molecular formula is C12H15NOS2. The molecule has 1 aliphatic heterocycles. The Balaban J connectivity index is 2.18. The molecule has 4 heteroatoms. The number of hydrogen-bond acceptors (Lipinski definition) is 3. The number of benzene rings is 1. The van der Waals surface area contributed by atoms with Crippen molar-refractivity contribution >= 4 is 29.6 Å². The molecule has 0 bridgehead atoms. The molecule has 1 saturated heterocycles. The number of thioether (sulfide) groups is 1. The van der Waals surface area contributed by atoms with E-state index >= 15 is 0 Å². The van der Waals surface area contributed by atoms with Gasteiger partial charge in [-0.15, -0.1) is 11.8 Å². The third-order valence-corrected chi connectivity index (χ3v) is 4.64. The molecule has 2 nitrogen and oxygen atoms in total. The molecule has 16 heavy (non-hydrogen) atoms. The minimum atomic E-state index is 0.182. The first-order valence-corrected chi connectivity index (χ1v) is 7.22. The van der Waals surface area contributed by atoms with Gasteiger partial charge in [-0.2, -0.15) is 0 Å². The van der Waals surface area contributed by atoms with Gasteiger partial charge >= 0.3 is 0 Å². The molecule has 86 valence electrons. The molecule has 1 aliphatic rings. The van der Waals surface area contributed by atoms with E-state index in [2.05, 4.69) is 26.0 Å². The predicted octanol–water partition coefficient (Wildman–Crippen LogP) is 3.32. The standard InChI is InChI=1S/C12H15NOS2/c1-9(2)16-13-11(14)8-15-12(13)10-6-4-3-5-7-10/h3-7,9,12H,8H2,1-2H3. The fraction of sp³-hybridized carbons (Fsp3) is 0.417. The first-order chi connectivity index (χ1) is 7.68. The molecule has 0 aliphatic carbocycles. The molecule has 0 saturated carbocycles. The Morgan fingerprint density at radius 1 is 1.38 bits per heavy atom. The second-order valence-corrected chi connectivity index (χ2v) is 6.56. The Kier molecular flexibility index (Phi) is 3.82. The number of carbonyl (C=O) groups excluding carboxylic acids is 1. The molecule has 1 fully saturated rings. The van der Waals surface area contributed by atoms with Crippen molar-refractivity contribution in [3.8, 4) is 0 Å². The minimum absolute atomic E-state index is 0.182. The van der Waals surface area contributed by atoms with Gasteiger partial charge < -0.3 is 0 Å². The van der Waals surface area contributed by atoms with E-state index in [-0.39, 0.29) is 11.3 Å². The van der Waals surface area contributed by atoms with Crippen molar-refractivity contribution in [3.63, 3.8) is 0 Å². The van der Waals surface area contributed by atoms with Crippen molar-refractivity contribution in [2.45, 2.75) is 24.5 Å². The lowest BCUT2D eigenvalue weighted by Crippen LogP contribution is -2.22. The summed E-state index contributed by atoms with van der Waals surface area (Å²) in [6, 6.07) is 10.2. The van der Waals surface area contributed by atoms with Gasteiger partial charge in [0.25, 0.3) is 0 Å². The Hall–Kier alpha value is -0.610. The quantitative estimate of drug-likeness (QED) is 0.771. The van der Waals surface area contributed by atoms with Crippen LogP contribution in [0.3, 0.4) is 0 Å². The second kappa shape index (κ2) is 5.15. The normalized spacial score (nSPS) is 20.8. The largest absolute Gasteiger partial charge is 0.273 e. The molecule has 1 heterocycles. The average molecular weight is 253 g/mol. The molecule has 0 aromatic heterocycles. The van der Waals surface area contributed by atoms with Crippen LogP contribution in [0.15, 0.2) is 30.3 Å². The van der Waals surface area contributed by atoms with Gasteiger partial charge in [-0.05, 0) is 17.5 Å². The van der Waals surface area contributed by atoms with Crippen molar-refractivity contribution in [3.05, 3.63) is 35.9 Å². The van der Waals surface area contributed by atoms with Crippen LogP contribution in [-0.4, -0.2) is 21.2 Å². The maximum atomic E-state index is 11.8. The Bertz CT molecular complexity index is 367. The van der Waals surface area contributed by atoms with E-state index < -0.39 is 0 Å². The molecule has 1 unspecified atom stereocenters. The number of hydrogen-bond donors (Lipinski definition) is 0. The fourth-order valence-corrected chi connectivity index (χ4v) is 3.93. The Morgan fingerprint density at radius 3 is 2.69 bits per heavy atom. The maximum absolute atomic E-state index is 11.8. The van der Waals surface area contributed by atoms with Crippen LogP contribution in [0.4, 0.5) is 0 Å². The lowest BCUT2D eigenvalue weighted by molar-refractivity contribution is -0.123. The van der Waals surface area contributed by atoms with Crippen LogP contribution in [0.5, 0.6) is 0 Å². The molecule has 0 radical (unpaired) electrons. The van der Waals surface area contributed by atoms with E-state index in [9.17, 15) is 4.79 Å². The molecule has 0 N–H and O–H groups in total. The highest BCUT2D eigenvalue weighted by Gasteiger charge is 2.33. The highest BCUT2D eigenvalue weighted by molar-refractivity contribution is 8.03. The van der Waals surface area contributed by atoms with Crippen molar-refractivity contribution in [2.75, 3.05) is 5.75 Å². The van der Waals surface area contributed by atoms with E-state index in [4.69, 9.17) is 0 Å². The monoisotopic (exact) mass is 253 g/mol. The van der Waals surface area contributed by atoms with E-state index in [1.165, 1.54) is 5.56 Å². The number of nitrogens with zero attached hydrogens (tertiary/aromatic N) is 1. The van der Waals surface area contributed by atoms with Gasteiger partial charge in [0, 0.05) is 5.25 Å². The van der Waals surface area contributed by atoms with Crippen molar-refractivity contribution < 1.29 is 4.79 Å². The van der Waals surface area contributed by atoms with Crippen LogP contribution in [0.1, 0.15) is 24.8 Å². The third-order valence-electron chi connectivity index (χ3n) is 2.23. The smallest absolute Gasteiger partial charge is 0.243 e. The minimum Gasteiger partial charge on any atom is -0.273 e. The zero-order chi connectivity index (χ0) is 11.5. The van der Waals surface area contributed by atoms with Crippen LogP contribution in [-0.2, 0) is 4.79 Å². The molecule has 1 amide bonds. The summed E-state index contributed by atoms with van der Waals surface area (Å²) in [4.78, 5) is 11.8. The summed E-state index contributed by atoms with van der Waals surface area (Å²) in [5.41, 5.74) is 1.21. The number of amides is 1. The van der Waals surface area contributed by atoms with Gasteiger partial charge in [0.1, 0.15) is 5.37 Å². The van der Waals surface area contributed by atoms with E-state index in [1.54, 1.807) is 23.7 Å². The summed E-state index contributed by atoms with van der Waals surface area (Å²) in [7, 11) is 0. The fourth-order valence-electron chi connectivity index (χ4n) is 1.60. The van der Waals surface area contributed by atoms with Gasteiger partial charge in [-0.3, -0.25) is 9.10 Å². The molecule has 1 aromatic rings. The van der Waals surface area contributed by atoms with Crippen LogP contribution < -0.4 is 0 Å². The average Bonchev–Trinajstić information content (AvgIpc) is 2.61. The summed E-state index contributed by atoms with van der Waals surface area (Å²) >= 11 is 3.35. The highest BCUT2D eigenvalue weighted by atomic mass is 32.2. The van der Waals surface area contributed by atoms with Gasteiger partial charge in [-0.1, -0.05) is 44.2 Å². The van der Waals surface area contributed by atoms with E-state index in [0.29, 0.717) is 11.0 Å². The Labute approximate surface area is 105 Å². The van der Waals surface area contributed by atoms with Crippen LogP contribution in [0.2, 0.25) is 0 Å². The zero-order valence-electron chi connectivity index (χ0n) is 9.42. The van der Waals surface area contributed by atoms with E-state index in [1.807, 2.05) is 22.5 Å². The number of carbonyl (C=O) groups is 1. The van der Waals surface area contributed by atoms with Gasteiger partial charge in [0.05, 0.1) is 5.75 Å². The maximum Gasteiger partial charge on any atom is 0.243 e. The van der Waals surface area contributed by atoms with Crippen molar-refractivity contribution in [2.24, 2.45) is 0 Å². The van der Waals surface area contributed by atoms with Gasteiger partial charge in [-0.25, -0.2) is 0 Å². The Morgan fingerprint density at radius 2 is 2.06 bits per heavy atom. The first-order valence-electron chi connectivity index (χ1n) is 5.34. The summed E-state index contributed by atoms with van der Waals surface area (Å²) in [6.07, 6.45) is 0. The summed E-state index contributed by atoms with van der Waals surface area (Å²) in [5, 5.41) is 0.620. The van der Waals surface area contributed by atoms with E-state index in [0.717, 1.165) is 0 Å². The lowest BCUT2D eigenvalue weighted by Gasteiger charge is -2.24. The van der Waals surface area contributed by atoms with Crippen molar-refractivity contribution in [1.29, 1.82) is 0 Å². The molecule has 1 aromatic carbocycles. The summed E-state index contributed by atoms with van der Waals surface area (Å²) in [5.74, 6) is 0.830. The lowest BCUT2D eigenvalue weighted by atomic mass is 10.2. The molecular weight excluding hydrogens is 238 g/mol. The molecule has 2 rings (SSSR count). The SMILES string of the molecule is CC(C)SN1C(=O)CSC1c1ccccc1. The summed E-state index contributed by atoms with van der Waals surface area (Å²) in [6.45, 7) is 4.23. The van der Waals surface area contributed by atoms with Crippen LogP contribution in [0.25, 0.3) is 0 Å². The second-order valence-electron chi connectivity index (χ2n) is 3.95. The molecule has 0 spiro atoms. The summed E-state index contributed by atoms with van der Waals surface area (Å²) < 4.78 is 1.92. The highest BCUT2D eigenvalue weighted by Crippen LogP contribution is 2.43. The molecule has 1 atom stereocenters. The van der Waals surface area contributed by atoms with Crippen LogP contribution in [0, 0.1) is 0 Å².